The molecule has 0 saturated heterocycles. The first kappa shape index (κ1) is 10.9. The fourth-order valence-electron chi connectivity index (χ4n) is 1.31. The molecule has 1 aromatic carbocycles. The van der Waals surface area contributed by atoms with Crippen LogP contribution in [0.1, 0.15) is 25.8 Å². The second-order valence-electron chi connectivity index (χ2n) is 3.36. The third-order valence-corrected chi connectivity index (χ3v) is 2.00. The Morgan fingerprint density at radius 1 is 1.29 bits per heavy atom. The first-order chi connectivity index (χ1) is 6.77. The molecule has 1 N–H and O–H groups in total. The van der Waals surface area contributed by atoms with Crippen molar-refractivity contribution >= 4 is 5.69 Å². The minimum Gasteiger partial charge on any atom is -0.492 e. The summed E-state index contributed by atoms with van der Waals surface area (Å²) in [6, 6.07) is 6.25. The number of hydrogen-bond donors (Lipinski definition) is 1. The van der Waals surface area contributed by atoms with Gasteiger partial charge >= 0.3 is 0 Å². The van der Waals surface area contributed by atoms with Gasteiger partial charge in [0.15, 0.2) is 0 Å². The highest BCUT2D eigenvalue weighted by Crippen LogP contribution is 2.25. The lowest BCUT2D eigenvalue weighted by atomic mass is 10.2. The van der Waals surface area contributed by atoms with E-state index in [1.165, 1.54) is 5.56 Å². The van der Waals surface area contributed by atoms with Crippen molar-refractivity contribution in [1.29, 1.82) is 0 Å². The van der Waals surface area contributed by atoms with E-state index in [4.69, 9.17) is 4.74 Å². The third-order valence-electron chi connectivity index (χ3n) is 2.00. The summed E-state index contributed by atoms with van der Waals surface area (Å²) in [7, 11) is 0. The van der Waals surface area contributed by atoms with E-state index < -0.39 is 0 Å². The Balaban J connectivity index is 2.78. The average Bonchev–Trinajstić information content (AvgIpc) is 2.17. The molecule has 78 valence electrons. The number of nitrogens with one attached hydrogen (secondary N) is 1. The van der Waals surface area contributed by atoms with Gasteiger partial charge < -0.3 is 10.1 Å². The van der Waals surface area contributed by atoms with Crippen molar-refractivity contribution in [3.8, 4) is 5.75 Å². The van der Waals surface area contributed by atoms with Crippen LogP contribution in [-0.4, -0.2) is 13.2 Å². The van der Waals surface area contributed by atoms with Gasteiger partial charge in [0, 0.05) is 6.54 Å². The highest BCUT2D eigenvalue weighted by atomic mass is 16.5. The molecular weight excluding hydrogens is 174 g/mol. The monoisotopic (exact) mass is 193 g/mol. The summed E-state index contributed by atoms with van der Waals surface area (Å²) < 4.78 is 5.55. The quantitative estimate of drug-likeness (QED) is 0.775. The highest BCUT2D eigenvalue weighted by molar-refractivity contribution is 5.57. The molecule has 0 aromatic heterocycles. The summed E-state index contributed by atoms with van der Waals surface area (Å²) in [5.74, 6) is 0.959. The van der Waals surface area contributed by atoms with Gasteiger partial charge in [0.05, 0.1) is 12.3 Å². The maximum atomic E-state index is 5.55. The fraction of sp³-hybridized carbons (Fsp3) is 0.500. The summed E-state index contributed by atoms with van der Waals surface area (Å²) in [6.45, 7) is 7.94. The molecule has 0 aliphatic rings. The van der Waals surface area contributed by atoms with Gasteiger partial charge in [-0.3, -0.25) is 0 Å². The molecule has 0 aliphatic carbocycles. The number of benzene rings is 1. The van der Waals surface area contributed by atoms with Gasteiger partial charge in [-0.15, -0.1) is 0 Å². The average molecular weight is 193 g/mol. The minimum atomic E-state index is 0.713. The van der Waals surface area contributed by atoms with Crippen LogP contribution in [0.2, 0.25) is 0 Å². The van der Waals surface area contributed by atoms with Crippen molar-refractivity contribution in [2.24, 2.45) is 0 Å². The normalized spacial score (nSPS) is 9.93. The number of anilines is 1. The van der Waals surface area contributed by atoms with E-state index in [0.29, 0.717) is 6.61 Å². The van der Waals surface area contributed by atoms with Crippen LogP contribution >= 0.6 is 0 Å². The summed E-state index contributed by atoms with van der Waals surface area (Å²) in [5.41, 5.74) is 2.33. The molecule has 0 heterocycles. The fourth-order valence-corrected chi connectivity index (χ4v) is 1.31. The lowest BCUT2D eigenvalue weighted by molar-refractivity contribution is 0.341. The molecule has 1 aromatic rings. The van der Waals surface area contributed by atoms with E-state index in [9.17, 15) is 0 Å². The van der Waals surface area contributed by atoms with Crippen LogP contribution in [0.15, 0.2) is 18.2 Å². The molecule has 0 unspecified atom stereocenters. The maximum Gasteiger partial charge on any atom is 0.142 e. The summed E-state index contributed by atoms with van der Waals surface area (Å²) in [4.78, 5) is 0. The molecule has 0 spiro atoms. The number of aryl methyl sites for hydroxylation is 1. The molecule has 0 radical (unpaired) electrons. The van der Waals surface area contributed by atoms with E-state index in [1.54, 1.807) is 0 Å². The van der Waals surface area contributed by atoms with Crippen LogP contribution in [0.25, 0.3) is 0 Å². The van der Waals surface area contributed by atoms with Crippen LogP contribution in [-0.2, 0) is 0 Å². The summed E-state index contributed by atoms with van der Waals surface area (Å²) >= 11 is 0. The van der Waals surface area contributed by atoms with Crippen molar-refractivity contribution in [3.05, 3.63) is 23.8 Å². The zero-order valence-corrected chi connectivity index (χ0v) is 9.26. The Kier molecular flexibility index (Phi) is 4.30. The molecule has 14 heavy (non-hydrogen) atoms. The molecule has 0 fully saturated rings. The number of rotatable bonds is 5. The third kappa shape index (κ3) is 2.95. The predicted octanol–water partition coefficient (Wildman–Crippen LogP) is 3.22. The first-order valence-electron chi connectivity index (χ1n) is 5.25. The lowest BCUT2D eigenvalue weighted by Gasteiger charge is -2.12. The van der Waals surface area contributed by atoms with Gasteiger partial charge in [0.2, 0.25) is 0 Å². The lowest BCUT2D eigenvalue weighted by Crippen LogP contribution is -2.03. The first-order valence-corrected chi connectivity index (χ1v) is 5.25. The summed E-state index contributed by atoms with van der Waals surface area (Å²) in [5, 5.41) is 3.35. The van der Waals surface area contributed by atoms with Crippen LogP contribution in [0.5, 0.6) is 5.75 Å². The standard InChI is InChI=1S/C12H19NO/c1-4-8-13-11-7-6-10(3)9-12(11)14-5-2/h6-7,9,13H,4-5,8H2,1-3H3. The molecule has 0 amide bonds. The van der Waals surface area contributed by atoms with Crippen molar-refractivity contribution in [2.45, 2.75) is 27.2 Å². The van der Waals surface area contributed by atoms with Gasteiger partial charge in [0.25, 0.3) is 0 Å². The molecule has 1 rings (SSSR count). The smallest absolute Gasteiger partial charge is 0.142 e. The molecule has 0 atom stereocenters. The SMILES string of the molecule is CCCNc1ccc(C)cc1OCC. The van der Waals surface area contributed by atoms with Crippen molar-refractivity contribution in [3.63, 3.8) is 0 Å². The minimum absolute atomic E-state index is 0.713. The molecule has 0 bridgehead atoms. The largest absolute Gasteiger partial charge is 0.492 e. The molecule has 0 saturated carbocycles. The highest BCUT2D eigenvalue weighted by Gasteiger charge is 2.01. The predicted molar refractivity (Wildman–Crippen MR) is 61.1 cm³/mol. The van der Waals surface area contributed by atoms with Gasteiger partial charge in [-0.2, -0.15) is 0 Å². The van der Waals surface area contributed by atoms with Crippen LogP contribution < -0.4 is 10.1 Å². The zero-order valence-electron chi connectivity index (χ0n) is 9.26. The van der Waals surface area contributed by atoms with Gasteiger partial charge in [-0.25, -0.2) is 0 Å². The second-order valence-corrected chi connectivity index (χ2v) is 3.36. The molecule has 2 heteroatoms. The Bertz CT molecular complexity index is 284. The van der Waals surface area contributed by atoms with Crippen molar-refractivity contribution < 1.29 is 4.74 Å². The van der Waals surface area contributed by atoms with Gasteiger partial charge in [-0.05, 0) is 38.0 Å². The maximum absolute atomic E-state index is 5.55. The van der Waals surface area contributed by atoms with Crippen LogP contribution in [0, 0.1) is 6.92 Å². The summed E-state index contributed by atoms with van der Waals surface area (Å²) in [6.07, 6.45) is 1.12. The molecule has 2 nitrogen and oxygen atoms in total. The number of ether oxygens (including phenoxy) is 1. The van der Waals surface area contributed by atoms with Crippen molar-refractivity contribution in [1.82, 2.24) is 0 Å². The van der Waals surface area contributed by atoms with E-state index in [-0.39, 0.29) is 0 Å². The topological polar surface area (TPSA) is 21.3 Å². The Morgan fingerprint density at radius 3 is 2.71 bits per heavy atom. The Hall–Kier alpha value is -1.18. The van der Waals surface area contributed by atoms with E-state index in [1.807, 2.05) is 6.92 Å². The second kappa shape index (κ2) is 5.53. The van der Waals surface area contributed by atoms with Crippen molar-refractivity contribution in [2.75, 3.05) is 18.5 Å². The Labute approximate surface area is 86.3 Å². The van der Waals surface area contributed by atoms with Crippen LogP contribution in [0.4, 0.5) is 5.69 Å². The molecular formula is C12H19NO. The van der Waals surface area contributed by atoms with E-state index in [0.717, 1.165) is 24.4 Å². The Morgan fingerprint density at radius 2 is 2.07 bits per heavy atom. The van der Waals surface area contributed by atoms with E-state index in [2.05, 4.69) is 37.4 Å². The molecule has 0 aliphatic heterocycles. The van der Waals surface area contributed by atoms with E-state index >= 15 is 0 Å². The van der Waals surface area contributed by atoms with Crippen LogP contribution in [0.3, 0.4) is 0 Å². The zero-order chi connectivity index (χ0) is 10.4. The van der Waals surface area contributed by atoms with Gasteiger partial charge in [0.1, 0.15) is 5.75 Å². The van der Waals surface area contributed by atoms with Gasteiger partial charge in [-0.1, -0.05) is 13.0 Å². The number of hydrogen-bond acceptors (Lipinski definition) is 2.